The number of benzene rings is 1. The Labute approximate surface area is 215 Å². The van der Waals surface area contributed by atoms with E-state index in [2.05, 4.69) is 9.58 Å². The van der Waals surface area contributed by atoms with Gasteiger partial charge in [0.25, 0.3) is 0 Å². The minimum absolute atomic E-state index is 0.0552. The summed E-state index contributed by atoms with van der Waals surface area (Å²) in [5, 5.41) is 6.29. The molecule has 1 amide bonds. The van der Waals surface area contributed by atoms with Crippen LogP contribution in [0.25, 0.3) is 5.57 Å². The summed E-state index contributed by atoms with van der Waals surface area (Å²) in [7, 11) is 1.52. The van der Waals surface area contributed by atoms with Gasteiger partial charge in [-0.3, -0.25) is 9.48 Å². The smallest absolute Gasteiger partial charge is 0.338 e. The molecule has 10 heteroatoms. The highest BCUT2D eigenvalue weighted by Gasteiger charge is 2.40. The first-order chi connectivity index (χ1) is 17.5. The molecule has 3 aliphatic rings. The number of alkyl halides is 3. The first kappa shape index (κ1) is 25.6. The number of amides is 1. The summed E-state index contributed by atoms with van der Waals surface area (Å²) in [5.74, 6) is 5.00. The van der Waals surface area contributed by atoms with Crippen LogP contribution in [0.3, 0.4) is 0 Å². The Kier molecular flexibility index (Phi) is 6.72. The van der Waals surface area contributed by atoms with Gasteiger partial charge in [0.05, 0.1) is 18.5 Å². The maximum Gasteiger partial charge on any atom is 0.395 e. The van der Waals surface area contributed by atoms with E-state index >= 15 is 0 Å². The van der Waals surface area contributed by atoms with Crippen LogP contribution in [0.5, 0.6) is 0 Å². The van der Waals surface area contributed by atoms with Crippen molar-refractivity contribution in [2.24, 2.45) is 11.8 Å². The largest absolute Gasteiger partial charge is 0.395 e. The number of carbonyl (C=O) groups is 1. The van der Waals surface area contributed by atoms with Crippen molar-refractivity contribution in [3.05, 3.63) is 46.8 Å². The normalized spacial score (nSPS) is 19.3. The second kappa shape index (κ2) is 9.70. The number of nitrogens with zero attached hydrogens (tertiary/aromatic N) is 5. The van der Waals surface area contributed by atoms with Gasteiger partial charge in [0.15, 0.2) is 5.82 Å². The van der Waals surface area contributed by atoms with Gasteiger partial charge in [0.2, 0.25) is 5.91 Å². The van der Waals surface area contributed by atoms with Crippen LogP contribution in [0.2, 0.25) is 0 Å². The van der Waals surface area contributed by atoms with Crippen molar-refractivity contribution in [1.29, 1.82) is 0 Å². The Morgan fingerprint density at radius 3 is 2.59 bits per heavy atom. The van der Waals surface area contributed by atoms with Crippen LogP contribution >= 0.6 is 0 Å². The maximum atomic E-state index is 13.6. The minimum atomic E-state index is -4.37. The number of hydrogen-bond acceptors (Lipinski definition) is 5. The molecule has 2 N–H and O–H groups in total. The van der Waals surface area contributed by atoms with Crippen LogP contribution in [-0.4, -0.2) is 51.9 Å². The molecule has 2 aromatic rings. The molecule has 0 bridgehead atoms. The molecule has 1 fully saturated rings. The number of nitrogens with two attached hydrogens (primary N) is 1. The number of halogens is 3. The first-order valence-corrected chi connectivity index (χ1v) is 13.1. The Balaban J connectivity index is 1.53. The van der Waals surface area contributed by atoms with Crippen molar-refractivity contribution in [2.75, 3.05) is 25.0 Å². The highest BCUT2D eigenvalue weighted by molar-refractivity contribution is 5.77. The zero-order valence-corrected chi connectivity index (χ0v) is 21.7. The van der Waals surface area contributed by atoms with E-state index in [4.69, 9.17) is 10.9 Å². The van der Waals surface area contributed by atoms with Gasteiger partial charge < -0.3 is 14.8 Å². The van der Waals surface area contributed by atoms with Crippen LogP contribution in [0.1, 0.15) is 68.0 Å². The van der Waals surface area contributed by atoms with Gasteiger partial charge in [0, 0.05) is 56.6 Å². The number of hydrazine groups is 1. The molecule has 0 spiro atoms. The van der Waals surface area contributed by atoms with E-state index in [9.17, 15) is 18.0 Å². The van der Waals surface area contributed by atoms with Crippen molar-refractivity contribution in [1.82, 2.24) is 19.7 Å². The number of allylic oxidation sites excluding steroid dienone is 1. The molecule has 3 heterocycles. The minimum Gasteiger partial charge on any atom is -0.338 e. The van der Waals surface area contributed by atoms with Gasteiger partial charge in [-0.2, -0.15) is 18.3 Å². The lowest BCUT2D eigenvalue weighted by Gasteiger charge is -2.28. The van der Waals surface area contributed by atoms with E-state index < -0.39 is 12.1 Å². The molecule has 200 valence electrons. The van der Waals surface area contributed by atoms with E-state index in [0.717, 1.165) is 48.8 Å². The summed E-state index contributed by atoms with van der Waals surface area (Å²) in [6, 6.07) is 5.89. The Morgan fingerprint density at radius 2 is 1.95 bits per heavy atom. The third-order valence-electron chi connectivity index (χ3n) is 8.04. The quantitative estimate of drug-likeness (QED) is 0.450. The summed E-state index contributed by atoms with van der Waals surface area (Å²) in [6.07, 6.45) is 3.11. The van der Waals surface area contributed by atoms with Crippen LogP contribution < -0.4 is 10.7 Å². The number of rotatable bonds is 5. The van der Waals surface area contributed by atoms with E-state index in [-0.39, 0.29) is 11.5 Å². The molecule has 5 rings (SSSR count). The first-order valence-electron chi connectivity index (χ1n) is 13.1. The molecule has 1 aromatic carbocycles. The summed E-state index contributed by atoms with van der Waals surface area (Å²) in [4.78, 5) is 16.2. The molecular weight excluding hydrogens is 481 g/mol. The Bertz CT molecular complexity index is 1210. The van der Waals surface area contributed by atoms with Gasteiger partial charge in [0.1, 0.15) is 0 Å². The molecular formula is C27H35F3N6O. The lowest BCUT2D eigenvalue weighted by molar-refractivity contribution is -0.153. The zero-order valence-electron chi connectivity index (χ0n) is 21.7. The van der Waals surface area contributed by atoms with Crippen LogP contribution in [0.4, 0.5) is 24.7 Å². The van der Waals surface area contributed by atoms with Gasteiger partial charge >= 0.3 is 6.18 Å². The van der Waals surface area contributed by atoms with Crippen molar-refractivity contribution in [2.45, 2.75) is 71.1 Å². The summed E-state index contributed by atoms with van der Waals surface area (Å²) < 4.78 is 43.1. The lowest BCUT2D eigenvalue weighted by Crippen LogP contribution is -2.35. The molecule has 1 atom stereocenters. The third-order valence-corrected chi connectivity index (χ3v) is 8.04. The SMILES string of the molecule is CC(=O)N1CCc2c(c(N3CCc4cc(/C(=C/N(C)N)C(C)C(F)(F)F)ccc43)nn2C2CCCC2)C1. The number of fused-ring (bicyclic) bond motifs is 2. The fourth-order valence-electron chi connectivity index (χ4n) is 6.00. The van der Waals surface area contributed by atoms with Crippen molar-refractivity contribution in [3.63, 3.8) is 0 Å². The predicted molar refractivity (Wildman–Crippen MR) is 137 cm³/mol. The van der Waals surface area contributed by atoms with E-state index in [0.29, 0.717) is 37.7 Å². The molecule has 37 heavy (non-hydrogen) atoms. The summed E-state index contributed by atoms with van der Waals surface area (Å²) >= 11 is 0. The van der Waals surface area contributed by atoms with E-state index in [1.165, 1.54) is 36.8 Å². The topological polar surface area (TPSA) is 70.6 Å². The number of anilines is 2. The van der Waals surface area contributed by atoms with Crippen molar-refractivity contribution < 1.29 is 18.0 Å². The monoisotopic (exact) mass is 516 g/mol. The fraction of sp³-hybridized carbons (Fsp3) is 0.556. The zero-order chi connectivity index (χ0) is 26.5. The van der Waals surface area contributed by atoms with Gasteiger partial charge in [-0.15, -0.1) is 0 Å². The molecule has 1 aliphatic carbocycles. The molecule has 1 unspecified atom stereocenters. The van der Waals surface area contributed by atoms with Gasteiger partial charge in [-0.25, -0.2) is 5.84 Å². The Hall–Kier alpha value is -3.01. The second-order valence-corrected chi connectivity index (χ2v) is 10.6. The van der Waals surface area contributed by atoms with E-state index in [1.54, 1.807) is 13.0 Å². The van der Waals surface area contributed by atoms with Crippen LogP contribution in [0, 0.1) is 5.92 Å². The molecule has 2 aliphatic heterocycles. The van der Waals surface area contributed by atoms with Crippen LogP contribution in [0.15, 0.2) is 24.4 Å². The molecule has 1 saturated carbocycles. The summed E-state index contributed by atoms with van der Waals surface area (Å²) in [5.41, 5.74) is 4.92. The number of carbonyl (C=O) groups excluding carboxylic acids is 1. The molecule has 0 radical (unpaired) electrons. The average molecular weight is 517 g/mol. The van der Waals surface area contributed by atoms with Crippen molar-refractivity contribution >= 4 is 23.0 Å². The second-order valence-electron chi connectivity index (χ2n) is 10.6. The van der Waals surface area contributed by atoms with Gasteiger partial charge in [-0.05, 0) is 55.0 Å². The molecule has 7 nitrogen and oxygen atoms in total. The third kappa shape index (κ3) is 4.83. The lowest BCUT2D eigenvalue weighted by atomic mass is 9.92. The number of hydrogen-bond donors (Lipinski definition) is 1. The highest BCUT2D eigenvalue weighted by Crippen LogP contribution is 2.43. The Morgan fingerprint density at radius 1 is 1.22 bits per heavy atom. The molecule has 0 saturated heterocycles. The van der Waals surface area contributed by atoms with Crippen molar-refractivity contribution in [3.8, 4) is 0 Å². The maximum absolute atomic E-state index is 13.6. The average Bonchev–Trinajstić information content (AvgIpc) is 3.58. The fourth-order valence-corrected chi connectivity index (χ4v) is 6.00. The highest BCUT2D eigenvalue weighted by atomic mass is 19.4. The van der Waals surface area contributed by atoms with Gasteiger partial charge in [-0.1, -0.05) is 18.9 Å². The van der Waals surface area contributed by atoms with E-state index in [1.807, 2.05) is 17.0 Å². The van der Waals surface area contributed by atoms with Crippen LogP contribution in [-0.2, 0) is 24.2 Å². The summed E-state index contributed by atoms with van der Waals surface area (Å²) in [6.45, 7) is 4.69. The predicted octanol–water partition coefficient (Wildman–Crippen LogP) is 4.94. The molecule has 1 aromatic heterocycles. The standard InChI is InChI=1S/C27H35F3N6O/c1-17(27(28,29)30)22(15-33(3)31)19-8-9-24-20(14-19)10-13-35(24)26-23-16-34(18(2)37)12-11-25(23)36(32-26)21-6-4-5-7-21/h8-9,14-15,17,21H,4-7,10-13,16,31H2,1-3H3/b22-15+. The number of aromatic nitrogens is 2.